The van der Waals surface area contributed by atoms with Crippen LogP contribution in [0.4, 0.5) is 0 Å². The van der Waals surface area contributed by atoms with Gasteiger partial charge < -0.3 is 42.9 Å². The highest BCUT2D eigenvalue weighted by Crippen LogP contribution is 2.19. The normalized spacial score (nSPS) is 17.9. The predicted octanol–water partition coefficient (Wildman–Crippen LogP) is -2.77. The van der Waals surface area contributed by atoms with Crippen LogP contribution < -0.4 is 27.8 Å². The van der Waals surface area contributed by atoms with E-state index in [0.717, 1.165) is 4.90 Å². The number of unbranched alkanes of at least 4 members (excludes halogenated alkanes) is 1. The lowest BCUT2D eigenvalue weighted by Gasteiger charge is -2.28. The first-order valence-electron chi connectivity index (χ1n) is 11.1. The van der Waals surface area contributed by atoms with Gasteiger partial charge in [-0.05, 0) is 38.6 Å². The molecule has 0 spiro atoms. The van der Waals surface area contributed by atoms with E-state index in [2.05, 4.69) is 10.6 Å². The Bertz CT molecular complexity index is 776. The summed E-state index contributed by atoms with van der Waals surface area (Å²) in [6.45, 7) is 0.526. The number of nitrogens with zero attached hydrogens (tertiary/aromatic N) is 1. The van der Waals surface area contributed by atoms with Crippen LogP contribution in [0, 0.1) is 0 Å². The summed E-state index contributed by atoms with van der Waals surface area (Å²) in [5.74, 6) is -5.83. The highest BCUT2D eigenvalue weighted by molar-refractivity contribution is 5.96. The van der Waals surface area contributed by atoms with Crippen molar-refractivity contribution < 1.29 is 39.0 Å². The third-order valence-corrected chi connectivity index (χ3v) is 5.43. The Hall–Kier alpha value is -3.26. The Labute approximate surface area is 196 Å². The van der Waals surface area contributed by atoms with Crippen LogP contribution in [0.2, 0.25) is 0 Å². The molecule has 1 saturated heterocycles. The molecule has 1 fully saturated rings. The van der Waals surface area contributed by atoms with E-state index in [1.807, 2.05) is 0 Å². The van der Waals surface area contributed by atoms with E-state index in [1.54, 1.807) is 0 Å². The molecular formula is C20H34N6O8. The van der Waals surface area contributed by atoms with Gasteiger partial charge in [0.15, 0.2) is 0 Å². The Kier molecular flexibility index (Phi) is 11.9. The van der Waals surface area contributed by atoms with Crippen molar-refractivity contribution in [2.24, 2.45) is 17.2 Å². The van der Waals surface area contributed by atoms with Crippen LogP contribution in [0.25, 0.3) is 0 Å². The molecule has 4 atom stereocenters. The average molecular weight is 487 g/mol. The van der Waals surface area contributed by atoms with Gasteiger partial charge in [0.25, 0.3) is 0 Å². The lowest BCUT2D eigenvalue weighted by atomic mass is 10.1. The summed E-state index contributed by atoms with van der Waals surface area (Å²) in [7, 11) is 0. The number of carbonyl (C=O) groups excluding carboxylic acids is 4. The van der Waals surface area contributed by atoms with Crippen LogP contribution in [-0.4, -0.2) is 87.9 Å². The SMILES string of the molecule is NCCCCC(N)C(=O)NC(CCC(N)=O)C(=O)NC(CC(=O)O)C(=O)N1CCCC1C(=O)O. The first-order chi connectivity index (χ1) is 16.0. The third kappa shape index (κ3) is 9.31. The lowest BCUT2D eigenvalue weighted by molar-refractivity contribution is -0.150. The molecule has 0 radical (unpaired) electrons. The van der Waals surface area contributed by atoms with Crippen molar-refractivity contribution in [1.29, 1.82) is 0 Å². The topological polar surface area (TPSA) is 248 Å². The van der Waals surface area contributed by atoms with Gasteiger partial charge in [-0.2, -0.15) is 0 Å². The molecule has 34 heavy (non-hydrogen) atoms. The second-order valence-electron chi connectivity index (χ2n) is 8.14. The number of nitrogens with two attached hydrogens (primary N) is 3. The summed E-state index contributed by atoms with van der Waals surface area (Å²) in [6.07, 6.45) is 0.868. The van der Waals surface area contributed by atoms with Gasteiger partial charge in [-0.1, -0.05) is 6.42 Å². The van der Waals surface area contributed by atoms with Crippen LogP contribution in [0.5, 0.6) is 0 Å². The number of likely N-dealkylation sites (tertiary alicyclic amines) is 1. The number of hydrogen-bond acceptors (Lipinski definition) is 8. The molecule has 192 valence electrons. The summed E-state index contributed by atoms with van der Waals surface area (Å²) >= 11 is 0. The number of carboxylic acids is 2. The molecule has 14 heteroatoms. The second-order valence-corrected chi connectivity index (χ2v) is 8.14. The Balaban J connectivity index is 2.97. The van der Waals surface area contributed by atoms with Gasteiger partial charge in [-0.15, -0.1) is 0 Å². The van der Waals surface area contributed by atoms with Crippen molar-refractivity contribution in [3.63, 3.8) is 0 Å². The fourth-order valence-electron chi connectivity index (χ4n) is 3.61. The quantitative estimate of drug-likeness (QED) is 0.117. The molecule has 0 bridgehead atoms. The smallest absolute Gasteiger partial charge is 0.326 e. The molecule has 0 aliphatic carbocycles. The average Bonchev–Trinajstić information content (AvgIpc) is 3.25. The van der Waals surface area contributed by atoms with Crippen LogP contribution in [0.1, 0.15) is 51.4 Å². The molecule has 1 heterocycles. The number of nitrogens with one attached hydrogen (secondary N) is 2. The molecule has 1 aliphatic heterocycles. The van der Waals surface area contributed by atoms with Crippen LogP contribution in [0.3, 0.4) is 0 Å². The number of aliphatic carboxylic acids is 2. The molecule has 4 unspecified atom stereocenters. The molecule has 0 saturated carbocycles. The fourth-order valence-corrected chi connectivity index (χ4v) is 3.61. The van der Waals surface area contributed by atoms with Gasteiger partial charge in [-0.25, -0.2) is 4.79 Å². The molecule has 10 N–H and O–H groups in total. The third-order valence-electron chi connectivity index (χ3n) is 5.43. The van der Waals surface area contributed by atoms with Crippen LogP contribution in [0.15, 0.2) is 0 Å². The number of amides is 4. The number of rotatable bonds is 15. The van der Waals surface area contributed by atoms with Crippen molar-refractivity contribution in [1.82, 2.24) is 15.5 Å². The van der Waals surface area contributed by atoms with E-state index in [9.17, 15) is 39.0 Å². The number of carbonyl (C=O) groups is 6. The summed E-state index contributed by atoms with van der Waals surface area (Å²) < 4.78 is 0. The predicted molar refractivity (Wildman–Crippen MR) is 118 cm³/mol. The molecule has 0 aromatic carbocycles. The molecule has 0 aromatic heterocycles. The van der Waals surface area contributed by atoms with E-state index in [4.69, 9.17) is 17.2 Å². The zero-order chi connectivity index (χ0) is 25.8. The van der Waals surface area contributed by atoms with Gasteiger partial charge in [0.2, 0.25) is 23.6 Å². The van der Waals surface area contributed by atoms with Gasteiger partial charge in [0.1, 0.15) is 18.1 Å². The Morgan fingerprint density at radius 1 is 0.971 bits per heavy atom. The van der Waals surface area contributed by atoms with Crippen molar-refractivity contribution in [2.45, 2.75) is 75.5 Å². The summed E-state index contributed by atoms with van der Waals surface area (Å²) in [5.41, 5.74) is 16.4. The largest absolute Gasteiger partial charge is 0.481 e. The fraction of sp³-hybridized carbons (Fsp3) is 0.700. The zero-order valence-corrected chi connectivity index (χ0v) is 18.9. The summed E-state index contributed by atoms with van der Waals surface area (Å²) in [6, 6.07) is -4.97. The van der Waals surface area contributed by atoms with Gasteiger partial charge in [-0.3, -0.25) is 24.0 Å². The van der Waals surface area contributed by atoms with E-state index in [1.165, 1.54) is 0 Å². The second kappa shape index (κ2) is 14.1. The molecule has 1 rings (SSSR count). The zero-order valence-electron chi connectivity index (χ0n) is 18.9. The maximum Gasteiger partial charge on any atom is 0.326 e. The monoisotopic (exact) mass is 486 g/mol. The Morgan fingerprint density at radius 3 is 2.18 bits per heavy atom. The lowest BCUT2D eigenvalue weighted by Crippen LogP contribution is -2.57. The van der Waals surface area contributed by atoms with E-state index in [-0.39, 0.29) is 25.8 Å². The maximum atomic E-state index is 12.9. The molecular weight excluding hydrogens is 452 g/mol. The summed E-state index contributed by atoms with van der Waals surface area (Å²) in [4.78, 5) is 73.2. The minimum atomic E-state index is -1.57. The minimum absolute atomic E-state index is 0.0985. The summed E-state index contributed by atoms with van der Waals surface area (Å²) in [5, 5.41) is 23.2. The first-order valence-corrected chi connectivity index (χ1v) is 11.1. The van der Waals surface area contributed by atoms with Crippen LogP contribution in [-0.2, 0) is 28.8 Å². The number of hydrogen-bond donors (Lipinski definition) is 7. The Morgan fingerprint density at radius 2 is 1.62 bits per heavy atom. The minimum Gasteiger partial charge on any atom is -0.481 e. The van der Waals surface area contributed by atoms with E-state index < -0.39 is 66.2 Å². The standard InChI is InChI=1S/C20H34N6O8/c21-8-2-1-4-11(22)17(30)24-12(6-7-15(23)27)18(31)25-13(10-16(28)29)19(32)26-9-3-5-14(26)20(33)34/h11-14H,1-10,21-22H2,(H2,23,27)(H,24,30)(H,25,31)(H,28,29)(H,33,34). The number of primary amides is 1. The first kappa shape index (κ1) is 28.8. The molecule has 1 aliphatic rings. The highest BCUT2D eigenvalue weighted by Gasteiger charge is 2.39. The van der Waals surface area contributed by atoms with Crippen molar-refractivity contribution >= 4 is 35.6 Å². The molecule has 4 amide bonds. The molecule has 14 nitrogen and oxygen atoms in total. The highest BCUT2D eigenvalue weighted by atomic mass is 16.4. The molecule has 0 aromatic rings. The number of carboxylic acid groups (broad SMARTS) is 2. The van der Waals surface area contributed by atoms with Crippen molar-refractivity contribution in [3.05, 3.63) is 0 Å². The van der Waals surface area contributed by atoms with Gasteiger partial charge >= 0.3 is 11.9 Å². The van der Waals surface area contributed by atoms with Crippen LogP contribution >= 0.6 is 0 Å². The maximum absolute atomic E-state index is 12.9. The van der Waals surface area contributed by atoms with Crippen molar-refractivity contribution in [2.75, 3.05) is 13.1 Å². The van der Waals surface area contributed by atoms with E-state index in [0.29, 0.717) is 32.2 Å². The van der Waals surface area contributed by atoms with Gasteiger partial charge in [0.05, 0.1) is 12.5 Å². The van der Waals surface area contributed by atoms with Crippen molar-refractivity contribution in [3.8, 4) is 0 Å². The van der Waals surface area contributed by atoms with E-state index >= 15 is 0 Å². The van der Waals surface area contributed by atoms with Gasteiger partial charge in [0, 0.05) is 13.0 Å².